The minimum absolute atomic E-state index is 0.107. The van der Waals surface area contributed by atoms with E-state index in [0.717, 1.165) is 90.7 Å². The predicted octanol–water partition coefficient (Wildman–Crippen LogP) is 14.5. The zero-order valence-electron chi connectivity index (χ0n) is 43.7. The van der Waals surface area contributed by atoms with Crippen LogP contribution in [-0.2, 0) is 35.0 Å². The lowest BCUT2D eigenvalue weighted by Gasteiger charge is -2.43. The smallest absolute Gasteiger partial charge is 0.311 e. The number of nitrogens with one attached hydrogen (secondary N) is 1. The second-order valence-corrected chi connectivity index (χ2v) is 21.9. The van der Waals surface area contributed by atoms with Crippen LogP contribution in [0.3, 0.4) is 0 Å². The van der Waals surface area contributed by atoms with Crippen LogP contribution in [0.5, 0.6) is 11.5 Å². The summed E-state index contributed by atoms with van der Waals surface area (Å²) in [5, 5.41) is 3.08. The van der Waals surface area contributed by atoms with Gasteiger partial charge in [0.05, 0.1) is 26.1 Å². The van der Waals surface area contributed by atoms with Crippen molar-refractivity contribution in [2.45, 2.75) is 266 Å². The second kappa shape index (κ2) is 29.3. The Morgan fingerprint density at radius 3 is 1.72 bits per heavy atom. The summed E-state index contributed by atoms with van der Waals surface area (Å²) in [5.41, 5.74) is 2.67. The second-order valence-electron chi connectivity index (χ2n) is 21.9. The number of ether oxygens (including phenoxy) is 5. The SMILES string of the molecule is CCCCCCCCCCCCCCCC(=O)NC1(COC(=O)CCC(=O)Oc2c(C)c(C)c3c(c2C)CCC(C)(CCCC(C)CCCC(C)CCCC(C)C)O3)COC(C)(C)OC1. The molecule has 3 unspecified atom stereocenters. The maximum absolute atomic E-state index is 13.2. The molecule has 0 bridgehead atoms. The van der Waals surface area contributed by atoms with Crippen molar-refractivity contribution in [3.8, 4) is 11.5 Å². The normalized spacial score (nSPS) is 18.7. The number of amides is 1. The number of unbranched alkanes of at least 4 members (excludes halogenated alkanes) is 12. The molecule has 9 nitrogen and oxygen atoms in total. The maximum Gasteiger partial charge on any atom is 0.311 e. The number of hydrogen-bond acceptors (Lipinski definition) is 8. The van der Waals surface area contributed by atoms with E-state index in [4.69, 9.17) is 23.7 Å². The third-order valence-electron chi connectivity index (χ3n) is 14.4. The number of hydrogen-bond donors (Lipinski definition) is 1. The van der Waals surface area contributed by atoms with Crippen molar-refractivity contribution in [3.63, 3.8) is 0 Å². The number of carbonyl (C=O) groups excluding carboxylic acids is 3. The Morgan fingerprint density at radius 1 is 0.631 bits per heavy atom. The highest BCUT2D eigenvalue weighted by atomic mass is 16.7. The van der Waals surface area contributed by atoms with Crippen LogP contribution in [0, 0.1) is 38.5 Å². The Hall–Kier alpha value is -2.65. The van der Waals surface area contributed by atoms with Gasteiger partial charge in [-0.3, -0.25) is 14.4 Å². The van der Waals surface area contributed by atoms with Crippen LogP contribution >= 0.6 is 0 Å². The zero-order chi connectivity index (χ0) is 47.9. The highest BCUT2D eigenvalue weighted by Gasteiger charge is 2.42. The first-order valence-electron chi connectivity index (χ1n) is 26.6. The lowest BCUT2D eigenvalue weighted by atomic mass is 9.83. The Labute approximate surface area is 397 Å². The third-order valence-corrected chi connectivity index (χ3v) is 14.4. The predicted molar refractivity (Wildman–Crippen MR) is 266 cm³/mol. The minimum atomic E-state index is -1.00. The van der Waals surface area contributed by atoms with Crippen molar-refractivity contribution in [1.82, 2.24) is 5.32 Å². The molecular formula is C56H97NO8. The van der Waals surface area contributed by atoms with Crippen molar-refractivity contribution in [2.24, 2.45) is 17.8 Å². The molecule has 2 aliphatic heterocycles. The number of esters is 2. The van der Waals surface area contributed by atoms with Crippen LogP contribution < -0.4 is 14.8 Å². The van der Waals surface area contributed by atoms with Crippen LogP contribution in [0.2, 0.25) is 0 Å². The highest BCUT2D eigenvalue weighted by Crippen LogP contribution is 2.45. The highest BCUT2D eigenvalue weighted by molar-refractivity contribution is 5.80. The molecule has 1 fully saturated rings. The number of fused-ring (bicyclic) bond motifs is 1. The molecule has 0 saturated carbocycles. The van der Waals surface area contributed by atoms with Crippen molar-refractivity contribution < 1.29 is 38.1 Å². The van der Waals surface area contributed by atoms with Crippen LogP contribution in [0.1, 0.15) is 245 Å². The van der Waals surface area contributed by atoms with Crippen molar-refractivity contribution in [3.05, 3.63) is 22.3 Å². The molecule has 3 atom stereocenters. The molecule has 2 heterocycles. The van der Waals surface area contributed by atoms with E-state index in [-0.39, 0.29) is 44.2 Å². The van der Waals surface area contributed by atoms with Gasteiger partial charge in [0.15, 0.2) is 5.79 Å². The van der Waals surface area contributed by atoms with Crippen LogP contribution in [0.15, 0.2) is 0 Å². The molecule has 1 amide bonds. The maximum atomic E-state index is 13.2. The lowest BCUT2D eigenvalue weighted by Crippen LogP contribution is -2.63. The van der Waals surface area contributed by atoms with Gasteiger partial charge in [0.25, 0.3) is 0 Å². The first-order valence-corrected chi connectivity index (χ1v) is 26.6. The summed E-state index contributed by atoms with van der Waals surface area (Å²) in [7, 11) is 0. The third kappa shape index (κ3) is 21.5. The van der Waals surface area contributed by atoms with Gasteiger partial charge in [-0.1, -0.05) is 157 Å². The fourth-order valence-electron chi connectivity index (χ4n) is 9.63. The first kappa shape index (κ1) is 56.7. The summed E-state index contributed by atoms with van der Waals surface area (Å²) in [6, 6.07) is 0. The van der Waals surface area contributed by atoms with E-state index in [2.05, 4.69) is 46.9 Å². The van der Waals surface area contributed by atoms with Crippen LogP contribution in [0.4, 0.5) is 0 Å². The Kier molecular flexibility index (Phi) is 25.5. The summed E-state index contributed by atoms with van der Waals surface area (Å²) in [4.78, 5) is 39.4. The molecule has 1 saturated heterocycles. The molecule has 0 aliphatic carbocycles. The average Bonchev–Trinajstić information content (AvgIpc) is 3.25. The van der Waals surface area contributed by atoms with E-state index in [1.54, 1.807) is 0 Å². The molecule has 9 heteroatoms. The molecule has 0 aromatic heterocycles. The Balaban J connectivity index is 1.41. The number of carbonyl (C=O) groups is 3. The molecule has 2 aliphatic rings. The first-order chi connectivity index (χ1) is 30.9. The average molecular weight is 912 g/mol. The summed E-state index contributed by atoms with van der Waals surface area (Å²) < 4.78 is 30.4. The minimum Gasteiger partial charge on any atom is -0.487 e. The summed E-state index contributed by atoms with van der Waals surface area (Å²) in [6.07, 6.45) is 29.5. The molecule has 65 heavy (non-hydrogen) atoms. The fourth-order valence-corrected chi connectivity index (χ4v) is 9.63. The van der Waals surface area contributed by atoms with Gasteiger partial charge < -0.3 is 29.0 Å². The van der Waals surface area contributed by atoms with Gasteiger partial charge in [-0.2, -0.15) is 0 Å². The van der Waals surface area contributed by atoms with Gasteiger partial charge in [0.2, 0.25) is 5.91 Å². The van der Waals surface area contributed by atoms with Crippen molar-refractivity contribution in [2.75, 3.05) is 19.8 Å². The van der Waals surface area contributed by atoms with E-state index in [0.29, 0.717) is 12.2 Å². The van der Waals surface area contributed by atoms with Gasteiger partial charge in [-0.15, -0.1) is 0 Å². The monoisotopic (exact) mass is 912 g/mol. The molecule has 1 aromatic rings. The van der Waals surface area contributed by atoms with E-state index in [1.165, 1.54) is 109 Å². The quantitative estimate of drug-likeness (QED) is 0.0422. The van der Waals surface area contributed by atoms with Crippen LogP contribution in [-0.4, -0.2) is 54.6 Å². The Morgan fingerprint density at radius 2 is 1.15 bits per heavy atom. The fraction of sp³-hybridized carbons (Fsp3) is 0.839. The summed E-state index contributed by atoms with van der Waals surface area (Å²) in [5.74, 6) is 1.90. The molecule has 0 radical (unpaired) electrons. The molecule has 3 rings (SSSR count). The summed E-state index contributed by atoms with van der Waals surface area (Å²) >= 11 is 0. The van der Waals surface area contributed by atoms with Gasteiger partial charge in [0.1, 0.15) is 29.2 Å². The number of benzene rings is 1. The van der Waals surface area contributed by atoms with E-state index >= 15 is 0 Å². The molecule has 1 N–H and O–H groups in total. The van der Waals surface area contributed by atoms with E-state index < -0.39 is 23.3 Å². The Bertz CT molecular complexity index is 1560. The van der Waals surface area contributed by atoms with E-state index in [9.17, 15) is 14.4 Å². The van der Waals surface area contributed by atoms with Crippen molar-refractivity contribution in [1.29, 1.82) is 0 Å². The molecular weight excluding hydrogens is 815 g/mol. The van der Waals surface area contributed by atoms with E-state index in [1.807, 2.05) is 34.6 Å². The number of rotatable bonds is 33. The van der Waals surface area contributed by atoms with Crippen LogP contribution in [0.25, 0.3) is 0 Å². The summed E-state index contributed by atoms with van der Waals surface area (Å²) in [6.45, 7) is 23.8. The topological polar surface area (TPSA) is 109 Å². The van der Waals surface area contributed by atoms with Gasteiger partial charge >= 0.3 is 11.9 Å². The largest absolute Gasteiger partial charge is 0.487 e. The zero-order valence-corrected chi connectivity index (χ0v) is 43.7. The molecule has 1 aromatic carbocycles. The van der Waals surface area contributed by atoms with Gasteiger partial charge in [-0.05, 0) is 108 Å². The standard InChI is InChI=1S/C56H97NO8/c1-12-13-14-15-16-17-18-19-20-21-22-23-24-33-49(58)57-56(40-62-54(9,10)63-41-56)39-61-50(59)34-35-51(60)64-52-45(6)46(7)53-48(47(52)8)36-38-55(11,65-53)37-27-32-44(5)31-26-30-43(4)29-25-28-42(2)3/h42-44H,12-41H2,1-11H3,(H,57,58). The lowest BCUT2D eigenvalue weighted by molar-refractivity contribution is -0.275. The molecule has 374 valence electrons. The van der Waals surface area contributed by atoms with Gasteiger partial charge in [-0.25, -0.2) is 0 Å². The molecule has 0 spiro atoms. The van der Waals surface area contributed by atoms with Gasteiger partial charge in [0, 0.05) is 12.0 Å². The van der Waals surface area contributed by atoms with Crippen molar-refractivity contribution >= 4 is 17.8 Å².